The number of benzene rings is 1. The zero-order valence-corrected chi connectivity index (χ0v) is 9.79. The van der Waals surface area contributed by atoms with Gasteiger partial charge >= 0.3 is 0 Å². The molecule has 0 spiro atoms. The van der Waals surface area contributed by atoms with Crippen LogP contribution in [0, 0.1) is 0 Å². The van der Waals surface area contributed by atoms with E-state index in [4.69, 9.17) is 23.2 Å². The zero-order chi connectivity index (χ0) is 10.6. The Balaban J connectivity index is 2.85. The Morgan fingerprint density at radius 2 is 1.93 bits per heavy atom. The minimum Gasteiger partial charge on any atom is -0.289 e. The molecule has 0 amide bonds. The average Bonchev–Trinajstić information content (AvgIpc) is 2.18. The van der Waals surface area contributed by atoms with Crippen LogP contribution in [-0.4, -0.2) is 12.0 Å². The highest BCUT2D eigenvalue weighted by molar-refractivity contribution is 8.03. The molecule has 14 heavy (non-hydrogen) atoms. The minimum absolute atomic E-state index is 0.110. The molecular weight excluding hydrogens is 239 g/mol. The summed E-state index contributed by atoms with van der Waals surface area (Å²) in [6.45, 7) is 0. The summed E-state index contributed by atoms with van der Waals surface area (Å²) < 4.78 is 0.477. The standard InChI is InChI=1S/C10H8Cl2OS/c1-14-10(12)6-9(13)7-2-4-8(11)5-3-7/h2-6H,1H3/b10-6+. The lowest BCUT2D eigenvalue weighted by Crippen LogP contribution is -1.93. The van der Waals surface area contributed by atoms with Crippen molar-refractivity contribution in [1.29, 1.82) is 0 Å². The second-order valence-electron chi connectivity index (χ2n) is 2.52. The topological polar surface area (TPSA) is 17.1 Å². The minimum atomic E-state index is -0.110. The number of halogens is 2. The summed E-state index contributed by atoms with van der Waals surface area (Å²) in [5, 5.41) is 0.612. The van der Waals surface area contributed by atoms with Gasteiger partial charge in [-0.25, -0.2) is 0 Å². The fourth-order valence-electron chi connectivity index (χ4n) is 0.859. The third kappa shape index (κ3) is 3.37. The molecular formula is C10H8Cl2OS. The molecule has 0 radical (unpaired) electrons. The van der Waals surface area contributed by atoms with Crippen LogP contribution in [0.15, 0.2) is 34.7 Å². The molecule has 1 rings (SSSR count). The van der Waals surface area contributed by atoms with Gasteiger partial charge in [0.05, 0.1) is 4.36 Å². The highest BCUT2D eigenvalue weighted by Crippen LogP contribution is 2.17. The largest absolute Gasteiger partial charge is 0.289 e. The van der Waals surface area contributed by atoms with E-state index in [0.29, 0.717) is 15.0 Å². The first kappa shape index (κ1) is 11.6. The van der Waals surface area contributed by atoms with Crippen molar-refractivity contribution in [2.45, 2.75) is 0 Å². The lowest BCUT2D eigenvalue weighted by atomic mass is 10.1. The van der Waals surface area contributed by atoms with Crippen LogP contribution in [0.5, 0.6) is 0 Å². The van der Waals surface area contributed by atoms with Gasteiger partial charge in [0.15, 0.2) is 5.78 Å². The highest BCUT2D eigenvalue weighted by Gasteiger charge is 2.02. The van der Waals surface area contributed by atoms with Crippen LogP contribution in [0.3, 0.4) is 0 Å². The van der Waals surface area contributed by atoms with Crippen LogP contribution in [0.2, 0.25) is 5.02 Å². The molecule has 4 heteroatoms. The van der Waals surface area contributed by atoms with Gasteiger partial charge in [-0.2, -0.15) is 0 Å². The van der Waals surface area contributed by atoms with Gasteiger partial charge in [-0.3, -0.25) is 4.79 Å². The van der Waals surface area contributed by atoms with Crippen molar-refractivity contribution in [1.82, 2.24) is 0 Å². The maximum absolute atomic E-state index is 11.5. The van der Waals surface area contributed by atoms with Gasteiger partial charge in [-0.15, -0.1) is 11.8 Å². The maximum atomic E-state index is 11.5. The Morgan fingerprint density at radius 1 is 1.36 bits per heavy atom. The van der Waals surface area contributed by atoms with E-state index in [1.165, 1.54) is 17.8 Å². The molecule has 0 aliphatic heterocycles. The van der Waals surface area contributed by atoms with E-state index >= 15 is 0 Å². The van der Waals surface area contributed by atoms with Crippen molar-refractivity contribution < 1.29 is 4.79 Å². The number of thioether (sulfide) groups is 1. The van der Waals surface area contributed by atoms with E-state index in [2.05, 4.69) is 0 Å². The van der Waals surface area contributed by atoms with Gasteiger partial charge in [0.1, 0.15) is 0 Å². The summed E-state index contributed by atoms with van der Waals surface area (Å²) in [4.78, 5) is 11.5. The first-order chi connectivity index (χ1) is 6.63. The second-order valence-corrected chi connectivity index (χ2v) is 4.44. The molecule has 0 atom stereocenters. The third-order valence-electron chi connectivity index (χ3n) is 1.57. The number of ketones is 1. The third-order valence-corrected chi connectivity index (χ3v) is 2.90. The zero-order valence-electron chi connectivity index (χ0n) is 7.46. The van der Waals surface area contributed by atoms with Gasteiger partial charge in [0.25, 0.3) is 0 Å². The van der Waals surface area contributed by atoms with Crippen LogP contribution < -0.4 is 0 Å². The molecule has 0 aromatic heterocycles. The van der Waals surface area contributed by atoms with Crippen molar-refractivity contribution in [3.05, 3.63) is 45.3 Å². The van der Waals surface area contributed by atoms with Gasteiger partial charge < -0.3 is 0 Å². The van der Waals surface area contributed by atoms with E-state index in [1.807, 2.05) is 6.26 Å². The quantitative estimate of drug-likeness (QED) is 0.593. The van der Waals surface area contributed by atoms with E-state index in [9.17, 15) is 4.79 Å². The first-order valence-corrected chi connectivity index (χ1v) is 5.82. The Kier molecular flexibility index (Phi) is 4.52. The normalized spacial score (nSPS) is 11.5. The fourth-order valence-corrected chi connectivity index (χ4v) is 1.31. The molecule has 1 nitrogen and oxygen atoms in total. The molecule has 0 unspecified atom stereocenters. The number of rotatable bonds is 3. The fraction of sp³-hybridized carbons (Fsp3) is 0.100. The average molecular weight is 247 g/mol. The summed E-state index contributed by atoms with van der Waals surface area (Å²) in [6.07, 6.45) is 3.21. The molecule has 1 aromatic rings. The first-order valence-electron chi connectivity index (χ1n) is 3.84. The van der Waals surface area contributed by atoms with Crippen molar-refractivity contribution in [2.75, 3.05) is 6.26 Å². The number of carbonyl (C=O) groups is 1. The van der Waals surface area contributed by atoms with E-state index in [1.54, 1.807) is 24.3 Å². The van der Waals surface area contributed by atoms with Gasteiger partial charge in [-0.1, -0.05) is 23.2 Å². The summed E-state index contributed by atoms with van der Waals surface area (Å²) >= 11 is 12.7. The van der Waals surface area contributed by atoms with Crippen molar-refractivity contribution in [2.24, 2.45) is 0 Å². The molecule has 0 saturated carbocycles. The van der Waals surface area contributed by atoms with Crippen LogP contribution in [0.25, 0.3) is 0 Å². The molecule has 0 fully saturated rings. The van der Waals surface area contributed by atoms with Crippen molar-refractivity contribution >= 4 is 40.7 Å². The molecule has 0 aliphatic rings. The van der Waals surface area contributed by atoms with Gasteiger partial charge in [0, 0.05) is 16.7 Å². The van der Waals surface area contributed by atoms with Crippen LogP contribution in [0.4, 0.5) is 0 Å². The summed E-state index contributed by atoms with van der Waals surface area (Å²) in [5.74, 6) is -0.110. The van der Waals surface area contributed by atoms with Crippen LogP contribution in [-0.2, 0) is 0 Å². The molecule has 0 N–H and O–H groups in total. The molecule has 0 heterocycles. The molecule has 74 valence electrons. The Hall–Kier alpha value is -0.440. The summed E-state index contributed by atoms with van der Waals surface area (Å²) in [6, 6.07) is 6.70. The lowest BCUT2D eigenvalue weighted by molar-refractivity contribution is 0.104. The van der Waals surface area contributed by atoms with Crippen LogP contribution >= 0.6 is 35.0 Å². The Morgan fingerprint density at radius 3 is 2.43 bits per heavy atom. The van der Waals surface area contributed by atoms with Crippen LogP contribution in [0.1, 0.15) is 10.4 Å². The number of hydrogen-bond donors (Lipinski definition) is 0. The Labute approximate surface area is 97.1 Å². The molecule has 1 aromatic carbocycles. The number of carbonyl (C=O) groups excluding carboxylic acids is 1. The SMILES string of the molecule is CS/C(Cl)=C/C(=O)c1ccc(Cl)cc1. The van der Waals surface area contributed by atoms with Crippen molar-refractivity contribution in [3.8, 4) is 0 Å². The Bertz CT molecular complexity index is 357. The highest BCUT2D eigenvalue weighted by atomic mass is 35.5. The predicted molar refractivity (Wildman–Crippen MR) is 63.2 cm³/mol. The van der Waals surface area contributed by atoms with E-state index < -0.39 is 0 Å². The monoisotopic (exact) mass is 246 g/mol. The summed E-state index contributed by atoms with van der Waals surface area (Å²) in [7, 11) is 0. The number of allylic oxidation sites excluding steroid dienone is 1. The second kappa shape index (κ2) is 5.44. The van der Waals surface area contributed by atoms with Gasteiger partial charge in [0.2, 0.25) is 0 Å². The molecule has 0 aliphatic carbocycles. The summed E-state index contributed by atoms with van der Waals surface area (Å²) in [5.41, 5.74) is 0.585. The van der Waals surface area contributed by atoms with Crippen molar-refractivity contribution in [3.63, 3.8) is 0 Å². The smallest absolute Gasteiger partial charge is 0.187 e. The molecule has 0 bridgehead atoms. The van der Waals surface area contributed by atoms with Gasteiger partial charge in [-0.05, 0) is 30.5 Å². The number of hydrogen-bond acceptors (Lipinski definition) is 2. The maximum Gasteiger partial charge on any atom is 0.187 e. The van der Waals surface area contributed by atoms with E-state index in [0.717, 1.165) is 0 Å². The molecule has 0 saturated heterocycles. The lowest BCUT2D eigenvalue weighted by Gasteiger charge is -1.96. The van der Waals surface area contributed by atoms with E-state index in [-0.39, 0.29) is 5.78 Å². The predicted octanol–water partition coefficient (Wildman–Crippen LogP) is 3.97.